The van der Waals surface area contributed by atoms with Crippen LogP contribution < -0.4 is 5.32 Å². The van der Waals surface area contributed by atoms with Crippen molar-refractivity contribution in [3.63, 3.8) is 0 Å². The van der Waals surface area contributed by atoms with Crippen LogP contribution in [0.25, 0.3) is 27.5 Å². The third-order valence-electron chi connectivity index (χ3n) is 6.93. The van der Waals surface area contributed by atoms with E-state index in [2.05, 4.69) is 88.7 Å². The highest BCUT2D eigenvalue weighted by Crippen LogP contribution is 2.32. The van der Waals surface area contributed by atoms with Gasteiger partial charge in [0.1, 0.15) is 6.17 Å². The highest BCUT2D eigenvalue weighted by atomic mass is 15.1. The van der Waals surface area contributed by atoms with E-state index in [0.717, 1.165) is 33.4 Å². The Kier molecular flexibility index (Phi) is 7.00. The maximum atomic E-state index is 9.34. The van der Waals surface area contributed by atoms with Gasteiger partial charge in [-0.05, 0) is 54.6 Å². The van der Waals surface area contributed by atoms with Crippen LogP contribution >= 0.6 is 0 Å². The van der Waals surface area contributed by atoms with E-state index < -0.39 is 0 Å². The zero-order chi connectivity index (χ0) is 27.3. The smallest absolute Gasteiger partial charge is 0.156 e. The first-order valence-corrected chi connectivity index (χ1v) is 13.2. The van der Waals surface area contributed by atoms with Gasteiger partial charge < -0.3 is 4.57 Å². The zero-order valence-electron chi connectivity index (χ0n) is 22.1. The number of hydrogen-bond acceptors (Lipinski definition) is 3. The molecule has 5 aromatic carbocycles. The summed E-state index contributed by atoms with van der Waals surface area (Å²) in [7, 11) is 1.90. The van der Waals surface area contributed by atoms with Crippen molar-refractivity contribution in [2.45, 2.75) is 6.17 Å². The normalized spacial score (nSPS) is 12.7. The largest absolute Gasteiger partial charge is 0.309 e. The molecule has 192 valence electrons. The van der Waals surface area contributed by atoms with E-state index in [1.807, 2.05) is 55.6 Å². The highest BCUT2D eigenvalue weighted by Gasteiger charge is 2.14. The van der Waals surface area contributed by atoms with Crippen molar-refractivity contribution < 1.29 is 0 Å². The van der Waals surface area contributed by atoms with Crippen LogP contribution in [-0.2, 0) is 0 Å². The summed E-state index contributed by atoms with van der Waals surface area (Å²) in [4.78, 5) is 9.94. The van der Waals surface area contributed by atoms with E-state index in [-0.39, 0.29) is 6.17 Å². The number of rotatable bonds is 6. The molecule has 0 bridgehead atoms. The van der Waals surface area contributed by atoms with Crippen molar-refractivity contribution in [1.29, 1.82) is 5.26 Å². The van der Waals surface area contributed by atoms with Crippen LogP contribution in [-0.4, -0.2) is 23.7 Å². The van der Waals surface area contributed by atoms with E-state index in [1.54, 1.807) is 12.3 Å². The predicted octanol–water partition coefficient (Wildman–Crippen LogP) is 7.44. The topological polar surface area (TPSA) is 65.5 Å². The zero-order valence-corrected chi connectivity index (χ0v) is 22.1. The maximum Gasteiger partial charge on any atom is 0.156 e. The van der Waals surface area contributed by atoms with Gasteiger partial charge in [-0.25, -0.2) is 9.98 Å². The molecule has 1 atom stereocenters. The molecule has 5 nitrogen and oxygen atoms in total. The van der Waals surface area contributed by atoms with Crippen LogP contribution in [0, 0.1) is 11.3 Å². The Balaban J connectivity index is 1.50. The average Bonchev–Trinajstić information content (AvgIpc) is 3.36. The van der Waals surface area contributed by atoms with E-state index in [1.165, 1.54) is 10.8 Å². The molecule has 6 aromatic rings. The summed E-state index contributed by atoms with van der Waals surface area (Å²) in [6.45, 7) is 0. The summed E-state index contributed by atoms with van der Waals surface area (Å²) in [5, 5.41) is 15.1. The molecule has 1 unspecified atom stereocenters. The summed E-state index contributed by atoms with van der Waals surface area (Å²) < 4.78 is 2.29. The molecule has 0 amide bonds. The Hall–Kier alpha value is -5.31. The molecule has 0 fully saturated rings. The van der Waals surface area contributed by atoms with Crippen molar-refractivity contribution >= 4 is 33.9 Å². The van der Waals surface area contributed by atoms with Gasteiger partial charge in [-0.2, -0.15) is 5.26 Å². The lowest BCUT2D eigenvalue weighted by atomic mass is 10.1. The molecule has 6 rings (SSSR count). The maximum absolute atomic E-state index is 9.34. The lowest BCUT2D eigenvalue weighted by Crippen LogP contribution is -2.16. The van der Waals surface area contributed by atoms with E-state index >= 15 is 0 Å². The molecule has 1 aromatic heterocycles. The SMILES string of the molecule is CNC(N=C(N=Cc1cccc(C#N)c1)c1cccc(-n2c3ccccc3c3ccccc32)c1)c1ccccc1. The average molecular weight is 518 g/mol. The van der Waals surface area contributed by atoms with Crippen molar-refractivity contribution in [3.05, 3.63) is 150 Å². The number of nitrogens with zero attached hydrogens (tertiary/aromatic N) is 4. The molecule has 0 radical (unpaired) electrons. The summed E-state index contributed by atoms with van der Waals surface area (Å²) >= 11 is 0. The molecule has 5 heteroatoms. The molecule has 0 saturated heterocycles. The lowest BCUT2D eigenvalue weighted by Gasteiger charge is -2.14. The molecule has 0 saturated carbocycles. The number of nitriles is 1. The Morgan fingerprint density at radius 2 is 1.45 bits per heavy atom. The first-order valence-electron chi connectivity index (χ1n) is 13.2. The molecule has 1 heterocycles. The number of nitrogens with one attached hydrogen (secondary N) is 1. The minimum atomic E-state index is -0.282. The van der Waals surface area contributed by atoms with Gasteiger partial charge in [0.2, 0.25) is 0 Å². The van der Waals surface area contributed by atoms with Crippen LogP contribution in [0.1, 0.15) is 28.4 Å². The second-order valence-corrected chi connectivity index (χ2v) is 9.47. The fraction of sp³-hybridized carbons (Fsp3) is 0.0571. The minimum Gasteiger partial charge on any atom is -0.309 e. The summed E-state index contributed by atoms with van der Waals surface area (Å²) in [5.41, 5.74) is 6.69. The van der Waals surface area contributed by atoms with Crippen LogP contribution in [0.3, 0.4) is 0 Å². The van der Waals surface area contributed by atoms with Crippen molar-refractivity contribution in [1.82, 2.24) is 9.88 Å². The second-order valence-electron chi connectivity index (χ2n) is 9.47. The third kappa shape index (κ3) is 4.92. The van der Waals surface area contributed by atoms with Gasteiger partial charge in [0, 0.05) is 28.2 Å². The van der Waals surface area contributed by atoms with E-state index in [9.17, 15) is 5.26 Å². The Morgan fingerprint density at radius 3 is 2.15 bits per heavy atom. The first kappa shape index (κ1) is 25.0. The fourth-order valence-corrected chi connectivity index (χ4v) is 5.05. The van der Waals surface area contributed by atoms with Gasteiger partial charge in [-0.3, -0.25) is 5.32 Å². The first-order chi connectivity index (χ1) is 19.7. The molecule has 0 spiro atoms. The van der Waals surface area contributed by atoms with Crippen molar-refractivity contribution in [3.8, 4) is 11.8 Å². The van der Waals surface area contributed by atoms with E-state index in [4.69, 9.17) is 9.98 Å². The van der Waals surface area contributed by atoms with Crippen LogP contribution in [0.5, 0.6) is 0 Å². The Morgan fingerprint density at radius 1 is 0.775 bits per heavy atom. The third-order valence-corrected chi connectivity index (χ3v) is 6.93. The number of fused-ring (bicyclic) bond motifs is 3. The summed E-state index contributed by atoms with van der Waals surface area (Å²) in [5.74, 6) is 0.591. The van der Waals surface area contributed by atoms with Gasteiger partial charge in [-0.1, -0.05) is 91.0 Å². The fourth-order valence-electron chi connectivity index (χ4n) is 5.05. The second kappa shape index (κ2) is 11.2. The molecule has 0 aliphatic rings. The minimum absolute atomic E-state index is 0.282. The standard InChI is InChI=1S/C35H27N5/c1-37-34(27-13-3-2-4-14-27)39-35(38-24-26-12-9-11-25(21-26)23-36)28-15-10-16-29(22-28)40-32-19-7-5-17-30(32)31-18-6-8-20-33(31)40/h2-22,24,34,37H,1H3. The Bertz CT molecular complexity index is 1850. The van der Waals surface area contributed by atoms with Gasteiger partial charge in [0.25, 0.3) is 0 Å². The highest BCUT2D eigenvalue weighted by molar-refractivity contribution is 6.10. The summed E-state index contributed by atoms with van der Waals surface area (Å²) in [6.07, 6.45) is 1.49. The number of aromatic nitrogens is 1. The monoisotopic (exact) mass is 517 g/mol. The number of amidine groups is 1. The van der Waals surface area contributed by atoms with Gasteiger partial charge in [0.05, 0.1) is 22.7 Å². The van der Waals surface area contributed by atoms with E-state index in [0.29, 0.717) is 11.4 Å². The molecular formula is C35H27N5. The van der Waals surface area contributed by atoms with Gasteiger partial charge in [-0.15, -0.1) is 0 Å². The predicted molar refractivity (Wildman–Crippen MR) is 164 cm³/mol. The number of hydrogen-bond donors (Lipinski definition) is 1. The molecular weight excluding hydrogens is 490 g/mol. The molecule has 0 aliphatic carbocycles. The number of para-hydroxylation sites is 2. The van der Waals surface area contributed by atoms with Crippen molar-refractivity contribution in [2.24, 2.45) is 9.98 Å². The molecule has 1 N–H and O–H groups in total. The number of aliphatic imine (C=N–C) groups is 2. The molecule has 0 aliphatic heterocycles. The van der Waals surface area contributed by atoms with Crippen LogP contribution in [0.4, 0.5) is 0 Å². The number of benzene rings is 5. The van der Waals surface area contributed by atoms with Crippen LogP contribution in [0.2, 0.25) is 0 Å². The quantitative estimate of drug-likeness (QED) is 0.184. The summed E-state index contributed by atoms with van der Waals surface area (Å²) in [6, 6.07) is 45.0. The van der Waals surface area contributed by atoms with Crippen LogP contribution in [0.15, 0.2) is 137 Å². The molecule has 40 heavy (non-hydrogen) atoms. The van der Waals surface area contributed by atoms with Gasteiger partial charge >= 0.3 is 0 Å². The van der Waals surface area contributed by atoms with Crippen molar-refractivity contribution in [2.75, 3.05) is 7.05 Å². The Labute approximate surface area is 233 Å². The lowest BCUT2D eigenvalue weighted by molar-refractivity contribution is 0.625. The van der Waals surface area contributed by atoms with Gasteiger partial charge in [0.15, 0.2) is 5.84 Å².